The molecular weight excluding hydrogens is 548 g/mol. The molecule has 0 fully saturated rings. The zero-order chi connectivity index (χ0) is 29.5. The number of nitrogens with zero attached hydrogens (tertiary/aromatic N) is 2. The van der Waals surface area contributed by atoms with Crippen molar-refractivity contribution >= 4 is 65.6 Å². The molecule has 10 aromatic rings. The average molecular weight is 575 g/mol. The van der Waals surface area contributed by atoms with Gasteiger partial charge in [-0.3, -0.25) is 0 Å². The molecule has 0 amide bonds. The number of furan rings is 1. The maximum atomic E-state index is 6.59. The zero-order valence-corrected chi connectivity index (χ0v) is 24.3. The lowest BCUT2D eigenvalue weighted by Crippen LogP contribution is -1.98. The number of fused-ring (bicyclic) bond motifs is 10. The van der Waals surface area contributed by atoms with Gasteiger partial charge in [0.25, 0.3) is 0 Å². The van der Waals surface area contributed by atoms with Crippen molar-refractivity contribution < 1.29 is 4.42 Å². The van der Waals surface area contributed by atoms with E-state index in [0.717, 1.165) is 33.3 Å². The molecule has 0 spiro atoms. The second-order valence-electron chi connectivity index (χ2n) is 11.7. The van der Waals surface area contributed by atoms with Crippen molar-refractivity contribution in [2.24, 2.45) is 0 Å². The second kappa shape index (κ2) is 9.22. The lowest BCUT2D eigenvalue weighted by molar-refractivity contribution is 0.668. The summed E-state index contributed by atoms with van der Waals surface area (Å²) >= 11 is 0. The van der Waals surface area contributed by atoms with E-state index in [1.165, 1.54) is 54.7 Å². The zero-order valence-electron chi connectivity index (χ0n) is 24.3. The van der Waals surface area contributed by atoms with E-state index >= 15 is 0 Å². The van der Waals surface area contributed by atoms with Crippen LogP contribution in [0.15, 0.2) is 162 Å². The summed E-state index contributed by atoms with van der Waals surface area (Å²) in [6, 6.07) is 56.4. The minimum Gasteiger partial charge on any atom is -0.456 e. The standard InChI is InChI=1S/C42H26N2O/c1-3-12-27(13-4-1)30-18-11-21-38-40(30)35-23-22-29(26-39(35)45-38)44-37-20-10-8-17-32(37)34-25-24-33-31-16-7-9-19-36(31)43(41(33)42(34)44)28-14-5-2-6-15-28/h1-26H. The van der Waals surface area contributed by atoms with Crippen LogP contribution in [0.25, 0.3) is 88.1 Å². The molecule has 210 valence electrons. The van der Waals surface area contributed by atoms with Gasteiger partial charge in [0.1, 0.15) is 11.2 Å². The lowest BCUT2D eigenvalue weighted by Gasteiger charge is -2.12. The third kappa shape index (κ3) is 3.41. The predicted octanol–water partition coefficient (Wildman–Crippen LogP) is 11.4. The van der Waals surface area contributed by atoms with E-state index in [9.17, 15) is 0 Å². The molecule has 0 atom stereocenters. The van der Waals surface area contributed by atoms with E-state index in [0.29, 0.717) is 0 Å². The van der Waals surface area contributed by atoms with Crippen molar-refractivity contribution in [3.05, 3.63) is 158 Å². The van der Waals surface area contributed by atoms with Crippen molar-refractivity contribution in [2.45, 2.75) is 0 Å². The number of rotatable bonds is 3. The fourth-order valence-electron chi connectivity index (χ4n) is 7.43. The molecule has 0 saturated carbocycles. The van der Waals surface area contributed by atoms with Crippen LogP contribution in [0, 0.1) is 0 Å². The summed E-state index contributed by atoms with van der Waals surface area (Å²) in [5, 5.41) is 7.22. The van der Waals surface area contributed by atoms with Gasteiger partial charge >= 0.3 is 0 Å². The first-order chi connectivity index (χ1) is 22.3. The Hall–Kier alpha value is -6.06. The third-order valence-corrected chi connectivity index (χ3v) is 9.31. The normalized spacial score (nSPS) is 12.0. The van der Waals surface area contributed by atoms with Crippen LogP contribution in [0.3, 0.4) is 0 Å². The number of aromatic nitrogens is 2. The predicted molar refractivity (Wildman–Crippen MR) is 188 cm³/mol. The fourth-order valence-corrected chi connectivity index (χ4v) is 7.43. The molecule has 0 bridgehead atoms. The first kappa shape index (κ1) is 24.4. The first-order valence-electron chi connectivity index (χ1n) is 15.4. The highest BCUT2D eigenvalue weighted by molar-refractivity contribution is 6.24. The average Bonchev–Trinajstić information content (AvgIpc) is 3.76. The summed E-state index contributed by atoms with van der Waals surface area (Å²) < 4.78 is 11.4. The van der Waals surface area contributed by atoms with Crippen molar-refractivity contribution in [3.8, 4) is 22.5 Å². The molecule has 3 nitrogen and oxygen atoms in total. The van der Waals surface area contributed by atoms with Crippen LogP contribution in [-0.2, 0) is 0 Å². The SMILES string of the molecule is c1ccc(-c2cccc3oc4cc(-n5c6ccccc6c6ccc7c8ccccc8n(-c8ccccc8)c7c65)ccc4c23)cc1. The molecule has 3 aromatic heterocycles. The van der Waals surface area contributed by atoms with E-state index in [1.54, 1.807) is 0 Å². The Bertz CT molecular complexity index is 2740. The van der Waals surface area contributed by atoms with Crippen molar-refractivity contribution in [3.63, 3.8) is 0 Å². The summed E-state index contributed by atoms with van der Waals surface area (Å²) in [6.45, 7) is 0. The molecule has 0 N–H and O–H groups in total. The highest BCUT2D eigenvalue weighted by Gasteiger charge is 2.22. The van der Waals surface area contributed by atoms with E-state index in [2.05, 4.69) is 167 Å². The van der Waals surface area contributed by atoms with E-state index in [4.69, 9.17) is 4.42 Å². The smallest absolute Gasteiger partial charge is 0.137 e. The molecule has 0 unspecified atom stereocenters. The summed E-state index contributed by atoms with van der Waals surface area (Å²) in [5.74, 6) is 0. The summed E-state index contributed by atoms with van der Waals surface area (Å²) in [5.41, 5.74) is 11.1. The van der Waals surface area contributed by atoms with Gasteiger partial charge in [-0.1, -0.05) is 109 Å². The Balaban J connectivity index is 1.34. The molecule has 3 heterocycles. The lowest BCUT2D eigenvalue weighted by atomic mass is 9.99. The molecule has 0 aliphatic carbocycles. The van der Waals surface area contributed by atoms with Crippen LogP contribution < -0.4 is 0 Å². The van der Waals surface area contributed by atoms with Crippen LogP contribution in [0.1, 0.15) is 0 Å². The van der Waals surface area contributed by atoms with Crippen LogP contribution in [-0.4, -0.2) is 9.13 Å². The van der Waals surface area contributed by atoms with E-state index < -0.39 is 0 Å². The Morgan fingerprint density at radius 3 is 1.64 bits per heavy atom. The first-order valence-corrected chi connectivity index (χ1v) is 15.4. The van der Waals surface area contributed by atoms with Crippen LogP contribution in [0.5, 0.6) is 0 Å². The topological polar surface area (TPSA) is 23.0 Å². The summed E-state index contributed by atoms with van der Waals surface area (Å²) in [4.78, 5) is 0. The number of hydrogen-bond acceptors (Lipinski definition) is 1. The van der Waals surface area contributed by atoms with Gasteiger partial charge in [-0.05, 0) is 53.6 Å². The molecule has 45 heavy (non-hydrogen) atoms. The number of benzene rings is 7. The largest absolute Gasteiger partial charge is 0.456 e. The molecule has 0 aliphatic rings. The molecular formula is C42H26N2O. The minimum atomic E-state index is 0.882. The highest BCUT2D eigenvalue weighted by Crippen LogP contribution is 2.43. The van der Waals surface area contributed by atoms with Gasteiger partial charge in [0.05, 0.1) is 27.8 Å². The van der Waals surface area contributed by atoms with Gasteiger partial charge in [-0.15, -0.1) is 0 Å². The van der Waals surface area contributed by atoms with Gasteiger partial charge in [-0.2, -0.15) is 0 Å². The summed E-state index contributed by atoms with van der Waals surface area (Å²) in [6.07, 6.45) is 0. The monoisotopic (exact) mass is 574 g/mol. The van der Waals surface area contributed by atoms with Crippen LogP contribution in [0.2, 0.25) is 0 Å². The second-order valence-corrected chi connectivity index (χ2v) is 11.7. The molecule has 3 heteroatoms. The van der Waals surface area contributed by atoms with Gasteiger partial charge in [0.2, 0.25) is 0 Å². The van der Waals surface area contributed by atoms with Crippen molar-refractivity contribution in [2.75, 3.05) is 0 Å². The maximum absolute atomic E-state index is 6.59. The third-order valence-electron chi connectivity index (χ3n) is 9.31. The van der Waals surface area contributed by atoms with Gasteiger partial charge in [0.15, 0.2) is 0 Å². The molecule has 7 aromatic carbocycles. The Kier molecular flexibility index (Phi) is 5.00. The van der Waals surface area contributed by atoms with Gasteiger partial charge < -0.3 is 13.6 Å². The van der Waals surface area contributed by atoms with Crippen LogP contribution >= 0.6 is 0 Å². The Labute approximate surface area is 258 Å². The molecule has 0 aliphatic heterocycles. The van der Waals surface area contributed by atoms with Crippen LogP contribution in [0.4, 0.5) is 0 Å². The van der Waals surface area contributed by atoms with E-state index in [1.807, 2.05) is 0 Å². The fraction of sp³-hybridized carbons (Fsp3) is 0. The maximum Gasteiger partial charge on any atom is 0.137 e. The van der Waals surface area contributed by atoms with Gasteiger partial charge in [-0.25, -0.2) is 0 Å². The molecule has 0 radical (unpaired) electrons. The minimum absolute atomic E-state index is 0.882. The molecule has 10 rings (SSSR count). The number of para-hydroxylation sites is 3. The Morgan fingerprint density at radius 2 is 0.956 bits per heavy atom. The summed E-state index contributed by atoms with van der Waals surface area (Å²) in [7, 11) is 0. The van der Waals surface area contributed by atoms with Crippen molar-refractivity contribution in [1.82, 2.24) is 9.13 Å². The molecule has 0 saturated heterocycles. The van der Waals surface area contributed by atoms with Gasteiger partial charge in [0, 0.05) is 44.1 Å². The Morgan fingerprint density at radius 1 is 0.378 bits per heavy atom. The number of hydrogen-bond donors (Lipinski definition) is 0. The highest BCUT2D eigenvalue weighted by atomic mass is 16.3. The van der Waals surface area contributed by atoms with E-state index in [-0.39, 0.29) is 0 Å². The van der Waals surface area contributed by atoms with Crippen molar-refractivity contribution in [1.29, 1.82) is 0 Å². The quantitative estimate of drug-likeness (QED) is 0.206.